The molecule has 2 amide bonds. The molecule has 2 aromatic carbocycles. The monoisotopic (exact) mass is 376 g/mol. The quantitative estimate of drug-likeness (QED) is 0.533. The fraction of sp³-hybridized carbons (Fsp3) is 0.0476. The third-order valence-corrected chi connectivity index (χ3v) is 4.10. The molecule has 2 N–H and O–H groups in total. The number of methoxy groups -OCH3 is 1. The maximum absolute atomic E-state index is 12.5. The smallest absolute Gasteiger partial charge is 0.291 e. The van der Waals surface area contributed by atoms with E-state index in [-0.39, 0.29) is 17.4 Å². The molecule has 0 fully saturated rings. The van der Waals surface area contributed by atoms with E-state index < -0.39 is 5.91 Å². The highest BCUT2D eigenvalue weighted by atomic mass is 16.5. The van der Waals surface area contributed by atoms with Gasteiger partial charge in [0.1, 0.15) is 11.3 Å². The summed E-state index contributed by atoms with van der Waals surface area (Å²) < 4.78 is 16.0. The molecule has 0 aliphatic carbocycles. The van der Waals surface area contributed by atoms with Crippen molar-refractivity contribution in [1.29, 1.82) is 0 Å². The van der Waals surface area contributed by atoms with Gasteiger partial charge in [0.2, 0.25) is 0 Å². The highest BCUT2D eigenvalue weighted by Gasteiger charge is 2.16. The first-order chi connectivity index (χ1) is 13.6. The number of para-hydroxylation sites is 1. The van der Waals surface area contributed by atoms with Crippen LogP contribution in [0.3, 0.4) is 0 Å². The first-order valence-electron chi connectivity index (χ1n) is 8.47. The van der Waals surface area contributed by atoms with Gasteiger partial charge < -0.3 is 24.2 Å². The van der Waals surface area contributed by atoms with Crippen molar-refractivity contribution in [3.8, 4) is 5.75 Å². The summed E-state index contributed by atoms with van der Waals surface area (Å²) in [6.45, 7) is 0. The van der Waals surface area contributed by atoms with Crippen molar-refractivity contribution in [2.45, 2.75) is 0 Å². The number of rotatable bonds is 5. The second-order valence-corrected chi connectivity index (χ2v) is 5.95. The number of hydrogen-bond acceptors (Lipinski definition) is 5. The Morgan fingerprint density at radius 3 is 2.46 bits per heavy atom. The predicted molar refractivity (Wildman–Crippen MR) is 104 cm³/mol. The van der Waals surface area contributed by atoms with Crippen molar-refractivity contribution in [2.75, 3.05) is 17.7 Å². The maximum Gasteiger partial charge on any atom is 0.291 e. The van der Waals surface area contributed by atoms with Crippen LogP contribution in [0.25, 0.3) is 11.0 Å². The highest BCUT2D eigenvalue weighted by molar-refractivity contribution is 6.06. The molecular weight excluding hydrogens is 360 g/mol. The van der Waals surface area contributed by atoms with Gasteiger partial charge in [0, 0.05) is 17.1 Å². The molecule has 4 aromatic rings. The summed E-state index contributed by atoms with van der Waals surface area (Å²) in [5.41, 5.74) is 1.58. The predicted octanol–water partition coefficient (Wildman–Crippen LogP) is 4.54. The van der Waals surface area contributed by atoms with Crippen LogP contribution in [0.5, 0.6) is 5.75 Å². The minimum absolute atomic E-state index is 0.193. The number of ether oxygens (including phenoxy) is 1. The molecule has 2 aromatic heterocycles. The molecule has 4 rings (SSSR count). The Balaban J connectivity index is 1.52. The summed E-state index contributed by atoms with van der Waals surface area (Å²) in [4.78, 5) is 24.6. The molecule has 28 heavy (non-hydrogen) atoms. The molecule has 0 saturated heterocycles. The van der Waals surface area contributed by atoms with E-state index in [1.807, 2.05) is 18.2 Å². The normalized spacial score (nSPS) is 10.6. The van der Waals surface area contributed by atoms with Crippen LogP contribution < -0.4 is 15.4 Å². The molecular formula is C21H16N2O5. The number of carbonyl (C=O) groups excluding carboxylic acids is 2. The lowest BCUT2D eigenvalue weighted by Crippen LogP contribution is -2.13. The van der Waals surface area contributed by atoms with Crippen LogP contribution in [-0.2, 0) is 0 Å². The van der Waals surface area contributed by atoms with Crippen molar-refractivity contribution in [2.24, 2.45) is 0 Å². The van der Waals surface area contributed by atoms with Gasteiger partial charge in [-0.15, -0.1) is 0 Å². The van der Waals surface area contributed by atoms with Gasteiger partial charge in [0.25, 0.3) is 11.8 Å². The Morgan fingerprint density at radius 1 is 0.893 bits per heavy atom. The van der Waals surface area contributed by atoms with Gasteiger partial charge in [-0.3, -0.25) is 9.59 Å². The Kier molecular flexibility index (Phi) is 4.55. The highest BCUT2D eigenvalue weighted by Crippen LogP contribution is 2.29. The minimum Gasteiger partial charge on any atom is -0.494 e. The number of amides is 2. The number of carbonyl (C=O) groups is 2. The summed E-state index contributed by atoms with van der Waals surface area (Å²) in [5.74, 6) is -0.00521. The number of fused-ring (bicyclic) bond motifs is 1. The molecule has 140 valence electrons. The summed E-state index contributed by atoms with van der Waals surface area (Å²) >= 11 is 0. The van der Waals surface area contributed by atoms with Crippen molar-refractivity contribution in [3.05, 3.63) is 78.4 Å². The lowest BCUT2D eigenvalue weighted by atomic mass is 10.2. The van der Waals surface area contributed by atoms with Gasteiger partial charge in [-0.05, 0) is 36.4 Å². The molecule has 0 aliphatic heterocycles. The lowest BCUT2D eigenvalue weighted by molar-refractivity contribution is 0.0989. The zero-order chi connectivity index (χ0) is 19.5. The van der Waals surface area contributed by atoms with Gasteiger partial charge in [-0.2, -0.15) is 0 Å². The zero-order valence-electron chi connectivity index (χ0n) is 14.9. The standard InChI is InChI=1S/C21H16N2O5/c1-26-18-12-14(22-20(24)17-7-4-10-27-17)8-9-15(18)23-21(25)19-11-13-5-2-3-6-16(13)28-19/h2-12H,1H3,(H,22,24)(H,23,25). The van der Waals surface area contributed by atoms with E-state index in [9.17, 15) is 9.59 Å². The molecule has 0 radical (unpaired) electrons. The van der Waals surface area contributed by atoms with Crippen LogP contribution in [0.2, 0.25) is 0 Å². The topological polar surface area (TPSA) is 93.7 Å². The van der Waals surface area contributed by atoms with Crippen molar-refractivity contribution in [1.82, 2.24) is 0 Å². The Morgan fingerprint density at radius 2 is 1.71 bits per heavy atom. The maximum atomic E-state index is 12.5. The number of hydrogen-bond donors (Lipinski definition) is 2. The van der Waals surface area contributed by atoms with E-state index in [0.29, 0.717) is 22.7 Å². The number of anilines is 2. The van der Waals surface area contributed by atoms with Crippen molar-refractivity contribution < 1.29 is 23.2 Å². The van der Waals surface area contributed by atoms with E-state index in [1.165, 1.54) is 13.4 Å². The zero-order valence-corrected chi connectivity index (χ0v) is 14.9. The van der Waals surface area contributed by atoms with E-state index in [0.717, 1.165) is 5.39 Å². The summed E-state index contributed by atoms with van der Waals surface area (Å²) in [5, 5.41) is 6.31. The second-order valence-electron chi connectivity index (χ2n) is 5.95. The van der Waals surface area contributed by atoms with E-state index in [4.69, 9.17) is 13.6 Å². The largest absolute Gasteiger partial charge is 0.494 e. The third kappa shape index (κ3) is 3.45. The lowest BCUT2D eigenvalue weighted by Gasteiger charge is -2.11. The fourth-order valence-electron chi connectivity index (χ4n) is 2.75. The fourth-order valence-corrected chi connectivity index (χ4v) is 2.75. The van der Waals surface area contributed by atoms with E-state index >= 15 is 0 Å². The number of nitrogens with one attached hydrogen (secondary N) is 2. The van der Waals surface area contributed by atoms with E-state index in [2.05, 4.69) is 10.6 Å². The van der Waals surface area contributed by atoms with Crippen LogP contribution >= 0.6 is 0 Å². The summed E-state index contributed by atoms with van der Waals surface area (Å²) in [6, 6.07) is 17.1. The van der Waals surface area contributed by atoms with E-state index in [1.54, 1.807) is 42.5 Å². The molecule has 0 spiro atoms. The molecule has 2 heterocycles. The Hall–Kier alpha value is -4.00. The Labute approximate surface area is 159 Å². The molecule has 7 nitrogen and oxygen atoms in total. The summed E-state index contributed by atoms with van der Waals surface area (Å²) in [6.07, 6.45) is 1.42. The van der Waals surface area contributed by atoms with Crippen molar-refractivity contribution in [3.63, 3.8) is 0 Å². The molecule has 0 bridgehead atoms. The summed E-state index contributed by atoms with van der Waals surface area (Å²) in [7, 11) is 1.48. The third-order valence-electron chi connectivity index (χ3n) is 4.10. The van der Waals surface area contributed by atoms with Crippen LogP contribution in [0, 0.1) is 0 Å². The SMILES string of the molecule is COc1cc(NC(=O)c2ccco2)ccc1NC(=O)c1cc2ccccc2o1. The number of furan rings is 2. The van der Waals surface area contributed by atoms with Gasteiger partial charge >= 0.3 is 0 Å². The minimum atomic E-state index is -0.401. The second kappa shape index (κ2) is 7.32. The van der Waals surface area contributed by atoms with Gasteiger partial charge in [-0.25, -0.2) is 0 Å². The average Bonchev–Trinajstić information content (AvgIpc) is 3.38. The van der Waals surface area contributed by atoms with Gasteiger partial charge in [-0.1, -0.05) is 18.2 Å². The molecule has 0 atom stereocenters. The van der Waals surface area contributed by atoms with Crippen LogP contribution in [0.4, 0.5) is 11.4 Å². The first-order valence-corrected chi connectivity index (χ1v) is 8.47. The van der Waals surface area contributed by atoms with Gasteiger partial charge in [0.05, 0.1) is 19.1 Å². The Bertz CT molecular complexity index is 1110. The molecule has 0 aliphatic rings. The van der Waals surface area contributed by atoms with Crippen LogP contribution in [0.15, 0.2) is 75.8 Å². The van der Waals surface area contributed by atoms with Gasteiger partial charge in [0.15, 0.2) is 11.5 Å². The molecule has 7 heteroatoms. The first kappa shape index (κ1) is 17.4. The van der Waals surface area contributed by atoms with Crippen LogP contribution in [0.1, 0.15) is 21.1 Å². The molecule has 0 saturated carbocycles. The number of benzene rings is 2. The molecule has 0 unspecified atom stereocenters. The van der Waals surface area contributed by atoms with Crippen LogP contribution in [-0.4, -0.2) is 18.9 Å². The van der Waals surface area contributed by atoms with Crippen molar-refractivity contribution >= 4 is 34.2 Å². The average molecular weight is 376 g/mol.